The first-order valence-electron chi connectivity index (χ1n) is 18.2. The number of benzene rings is 9. The van der Waals surface area contributed by atoms with Gasteiger partial charge in [0.1, 0.15) is 0 Å². The largest absolute Gasteiger partial charge is 0.309 e. The van der Waals surface area contributed by atoms with Gasteiger partial charge in [-0.05, 0) is 87.9 Å². The van der Waals surface area contributed by atoms with Crippen LogP contribution in [-0.4, -0.2) is 9.13 Å². The molecule has 0 aliphatic heterocycles. The maximum Gasteiger partial charge on any atom is 0.0619 e. The van der Waals surface area contributed by atoms with Crippen LogP contribution in [-0.2, 0) is 0 Å². The van der Waals surface area contributed by atoms with Gasteiger partial charge in [-0.3, -0.25) is 0 Å². The second kappa shape index (κ2) is 10.9. The van der Waals surface area contributed by atoms with Crippen molar-refractivity contribution in [2.45, 2.75) is 0 Å². The van der Waals surface area contributed by atoms with Gasteiger partial charge in [0.05, 0.1) is 27.8 Å². The minimum absolute atomic E-state index is 1.18. The normalized spacial score (nSPS) is 12.2. The van der Waals surface area contributed by atoms with Gasteiger partial charge < -0.3 is 9.13 Å². The monoisotopic (exact) mass is 690 g/mol. The number of aromatic nitrogens is 2. The van der Waals surface area contributed by atoms with E-state index in [1.807, 2.05) is 11.3 Å². The summed E-state index contributed by atoms with van der Waals surface area (Å²) in [6, 6.07) is 67.3. The second-order valence-corrected chi connectivity index (χ2v) is 15.2. The van der Waals surface area contributed by atoms with Crippen LogP contribution in [0, 0.1) is 0 Å². The van der Waals surface area contributed by atoms with Crippen LogP contribution in [0.3, 0.4) is 0 Å². The van der Waals surface area contributed by atoms with Gasteiger partial charge in [0.15, 0.2) is 0 Å². The van der Waals surface area contributed by atoms with Crippen LogP contribution in [0.15, 0.2) is 182 Å². The molecule has 0 saturated heterocycles. The van der Waals surface area contributed by atoms with Crippen LogP contribution in [0.2, 0.25) is 0 Å². The first kappa shape index (κ1) is 29.0. The van der Waals surface area contributed by atoms with Crippen molar-refractivity contribution in [3.63, 3.8) is 0 Å². The number of hydrogen-bond acceptors (Lipinski definition) is 1. The molecule has 2 nitrogen and oxygen atoms in total. The van der Waals surface area contributed by atoms with E-state index in [1.165, 1.54) is 108 Å². The van der Waals surface area contributed by atoms with Gasteiger partial charge in [0, 0.05) is 52.8 Å². The summed E-state index contributed by atoms with van der Waals surface area (Å²) in [5.74, 6) is 0. The van der Waals surface area contributed by atoms with Gasteiger partial charge in [0.25, 0.3) is 0 Å². The molecule has 53 heavy (non-hydrogen) atoms. The van der Waals surface area contributed by atoms with Crippen LogP contribution in [0.4, 0.5) is 0 Å². The zero-order valence-corrected chi connectivity index (χ0v) is 29.4. The van der Waals surface area contributed by atoms with Gasteiger partial charge in [-0.2, -0.15) is 0 Å². The summed E-state index contributed by atoms with van der Waals surface area (Å²) in [7, 11) is 0. The Bertz CT molecular complexity index is 3470. The zero-order valence-electron chi connectivity index (χ0n) is 28.6. The predicted molar refractivity (Wildman–Crippen MR) is 228 cm³/mol. The molecule has 0 fully saturated rings. The smallest absolute Gasteiger partial charge is 0.0619 e. The third-order valence-corrected chi connectivity index (χ3v) is 12.4. The minimum Gasteiger partial charge on any atom is -0.309 e. The van der Waals surface area contributed by atoms with Crippen molar-refractivity contribution in [1.29, 1.82) is 0 Å². The number of rotatable bonds is 3. The molecule has 12 rings (SSSR count). The lowest BCUT2D eigenvalue weighted by molar-refractivity contribution is 1.19. The fourth-order valence-electron chi connectivity index (χ4n) is 8.90. The molecule has 9 aromatic carbocycles. The topological polar surface area (TPSA) is 9.86 Å². The maximum atomic E-state index is 2.53. The Hall–Kier alpha value is -6.68. The lowest BCUT2D eigenvalue weighted by Crippen LogP contribution is -1.95. The number of nitrogens with zero attached hydrogens (tertiary/aromatic N) is 2. The Kier molecular flexibility index (Phi) is 5.96. The Morgan fingerprint density at radius 2 is 0.962 bits per heavy atom. The number of hydrogen-bond donors (Lipinski definition) is 0. The quantitative estimate of drug-likeness (QED) is 0.175. The summed E-state index contributed by atoms with van der Waals surface area (Å²) >= 11 is 1.87. The fourth-order valence-corrected chi connectivity index (χ4v) is 10.0. The zero-order chi connectivity index (χ0) is 34.6. The average molecular weight is 691 g/mol. The molecular formula is C50H30N2S. The Morgan fingerprint density at radius 1 is 0.340 bits per heavy atom. The highest BCUT2D eigenvalue weighted by Gasteiger charge is 2.20. The molecule has 0 radical (unpaired) electrons. The Labute approximate surface area is 309 Å². The van der Waals surface area contributed by atoms with E-state index in [2.05, 4.69) is 191 Å². The fraction of sp³-hybridized carbons (Fsp3) is 0. The first-order chi connectivity index (χ1) is 26.3. The highest BCUT2D eigenvalue weighted by atomic mass is 32.1. The van der Waals surface area contributed by atoms with Gasteiger partial charge in [-0.1, -0.05) is 121 Å². The lowest BCUT2D eigenvalue weighted by Gasteiger charge is -2.12. The molecule has 246 valence electrons. The van der Waals surface area contributed by atoms with Gasteiger partial charge in [-0.15, -0.1) is 11.3 Å². The third kappa shape index (κ3) is 4.14. The van der Waals surface area contributed by atoms with E-state index < -0.39 is 0 Å². The van der Waals surface area contributed by atoms with E-state index in [0.717, 1.165) is 0 Å². The molecule has 0 saturated carbocycles. The standard InChI is InChI=1S/C50H30N2S/c1-2-12-33-28-36(24-20-31(33)10-1)51-43-16-7-5-14-38(43)41-29-34(22-26-44(41)51)35-23-27-45-42(30-35)39-25-21-32-11-3-4-13-37(32)50(39)52(45)46-17-9-19-48-49(46)40-15-6-8-18-47(40)53-48/h1-30H. The molecule has 0 spiro atoms. The van der Waals surface area contributed by atoms with E-state index >= 15 is 0 Å². The van der Waals surface area contributed by atoms with Crippen molar-refractivity contribution in [2.24, 2.45) is 0 Å². The summed E-state index contributed by atoms with van der Waals surface area (Å²) in [6.07, 6.45) is 0. The second-order valence-electron chi connectivity index (χ2n) is 14.1. The van der Waals surface area contributed by atoms with E-state index in [0.29, 0.717) is 0 Å². The molecule has 3 heterocycles. The lowest BCUT2D eigenvalue weighted by atomic mass is 10.00. The molecule has 12 aromatic rings. The first-order valence-corrected chi connectivity index (χ1v) is 19.0. The van der Waals surface area contributed by atoms with E-state index in [1.54, 1.807) is 0 Å². The number of para-hydroxylation sites is 1. The molecule has 0 atom stereocenters. The van der Waals surface area contributed by atoms with E-state index in [-0.39, 0.29) is 0 Å². The summed E-state index contributed by atoms with van der Waals surface area (Å²) in [6.45, 7) is 0. The molecule has 0 aliphatic carbocycles. The summed E-state index contributed by atoms with van der Waals surface area (Å²) in [4.78, 5) is 0. The average Bonchev–Trinajstić information content (AvgIpc) is 3.88. The minimum atomic E-state index is 1.18. The molecule has 0 bridgehead atoms. The molecular weight excluding hydrogens is 661 g/mol. The predicted octanol–water partition coefficient (Wildman–Crippen LogP) is 14.2. The molecule has 3 aromatic heterocycles. The van der Waals surface area contributed by atoms with Crippen molar-refractivity contribution in [2.75, 3.05) is 0 Å². The van der Waals surface area contributed by atoms with Crippen LogP contribution < -0.4 is 0 Å². The molecule has 0 amide bonds. The molecule has 0 aliphatic rings. The van der Waals surface area contributed by atoms with Crippen molar-refractivity contribution in [3.8, 4) is 22.5 Å². The van der Waals surface area contributed by atoms with Crippen LogP contribution in [0.5, 0.6) is 0 Å². The van der Waals surface area contributed by atoms with Crippen LogP contribution in [0.1, 0.15) is 0 Å². The summed E-state index contributed by atoms with van der Waals surface area (Å²) in [5, 5.41) is 12.7. The summed E-state index contributed by atoms with van der Waals surface area (Å²) < 4.78 is 7.57. The van der Waals surface area contributed by atoms with Crippen LogP contribution in [0.25, 0.3) is 108 Å². The molecule has 0 N–H and O–H groups in total. The highest BCUT2D eigenvalue weighted by molar-refractivity contribution is 7.25. The van der Waals surface area contributed by atoms with Crippen molar-refractivity contribution in [1.82, 2.24) is 9.13 Å². The van der Waals surface area contributed by atoms with Crippen LogP contribution >= 0.6 is 11.3 Å². The van der Waals surface area contributed by atoms with Gasteiger partial charge in [-0.25, -0.2) is 0 Å². The van der Waals surface area contributed by atoms with E-state index in [9.17, 15) is 0 Å². The number of fused-ring (bicyclic) bond motifs is 12. The third-order valence-electron chi connectivity index (χ3n) is 11.3. The Balaban J connectivity index is 1.11. The maximum absolute atomic E-state index is 2.53. The molecule has 0 unspecified atom stereocenters. The van der Waals surface area contributed by atoms with Crippen molar-refractivity contribution in [3.05, 3.63) is 182 Å². The highest BCUT2D eigenvalue weighted by Crippen LogP contribution is 2.44. The van der Waals surface area contributed by atoms with Gasteiger partial charge in [0.2, 0.25) is 0 Å². The van der Waals surface area contributed by atoms with E-state index in [4.69, 9.17) is 0 Å². The van der Waals surface area contributed by atoms with Crippen molar-refractivity contribution >= 4 is 96.7 Å². The van der Waals surface area contributed by atoms with Crippen molar-refractivity contribution < 1.29 is 0 Å². The summed E-state index contributed by atoms with van der Waals surface area (Å²) in [5.41, 5.74) is 9.75. The Morgan fingerprint density at radius 3 is 1.81 bits per heavy atom. The number of thiophene rings is 1. The molecule has 3 heteroatoms. The SMILES string of the molecule is c1ccc2cc(-n3c4ccccc4c4cc(-c5ccc6c(c5)c5ccc7ccccc7c5n6-c5cccc6sc7ccccc7c56)ccc43)ccc2c1. The van der Waals surface area contributed by atoms with Gasteiger partial charge >= 0.3 is 0 Å².